The second-order valence-electron chi connectivity index (χ2n) is 7.43. The first-order valence-electron chi connectivity index (χ1n) is 10.3. The first kappa shape index (κ1) is 24.4. The van der Waals surface area contributed by atoms with Gasteiger partial charge in [-0.25, -0.2) is 8.78 Å². The van der Waals surface area contributed by atoms with Gasteiger partial charge in [-0.2, -0.15) is 0 Å². The van der Waals surface area contributed by atoms with Gasteiger partial charge in [0.25, 0.3) is 11.1 Å². The van der Waals surface area contributed by atoms with Gasteiger partial charge in [0.15, 0.2) is 0 Å². The van der Waals surface area contributed by atoms with E-state index >= 15 is 0 Å². The molecule has 1 N–H and O–H groups in total. The quantitative estimate of drug-likeness (QED) is 0.399. The Labute approximate surface area is 208 Å². The van der Waals surface area contributed by atoms with Crippen LogP contribution in [0.5, 0.6) is 5.75 Å². The first-order chi connectivity index (χ1) is 16.8. The number of nitrogens with zero attached hydrogens (tertiary/aromatic N) is 1. The van der Waals surface area contributed by atoms with Crippen molar-refractivity contribution in [2.75, 3.05) is 11.9 Å². The molecule has 0 atom stereocenters. The monoisotopic (exact) mass is 514 g/mol. The van der Waals surface area contributed by atoms with E-state index in [2.05, 4.69) is 5.32 Å². The van der Waals surface area contributed by atoms with Crippen LogP contribution in [0.2, 0.25) is 5.02 Å². The third-order valence-electron chi connectivity index (χ3n) is 4.86. The third-order valence-corrected chi connectivity index (χ3v) is 6.07. The Hall–Kier alpha value is -3.69. The van der Waals surface area contributed by atoms with Crippen LogP contribution in [0.3, 0.4) is 0 Å². The summed E-state index contributed by atoms with van der Waals surface area (Å²) in [5.41, 5.74) is 1.67. The van der Waals surface area contributed by atoms with Crippen molar-refractivity contribution in [3.05, 3.63) is 99.4 Å². The average Bonchev–Trinajstić information content (AvgIpc) is 3.08. The predicted octanol–water partition coefficient (Wildman–Crippen LogP) is 5.87. The smallest absolute Gasteiger partial charge is 0.294 e. The van der Waals surface area contributed by atoms with Crippen LogP contribution < -0.4 is 10.1 Å². The zero-order chi connectivity index (χ0) is 24.9. The van der Waals surface area contributed by atoms with Crippen LogP contribution in [0, 0.1) is 11.6 Å². The Balaban J connectivity index is 1.39. The molecule has 0 saturated carbocycles. The number of carbonyl (C=O) groups excluding carboxylic acids is 3. The number of hydrogen-bond acceptors (Lipinski definition) is 5. The second kappa shape index (κ2) is 10.7. The number of amides is 3. The average molecular weight is 515 g/mol. The van der Waals surface area contributed by atoms with Crippen molar-refractivity contribution in [3.63, 3.8) is 0 Å². The highest BCUT2D eigenvalue weighted by atomic mass is 35.5. The maximum Gasteiger partial charge on any atom is 0.294 e. The summed E-state index contributed by atoms with van der Waals surface area (Å²) in [5, 5.41) is 2.22. The molecule has 1 saturated heterocycles. The van der Waals surface area contributed by atoms with E-state index in [-0.39, 0.29) is 17.3 Å². The minimum absolute atomic E-state index is 0.139. The Bertz CT molecular complexity index is 1310. The molecule has 1 aliphatic heterocycles. The molecule has 6 nitrogen and oxygen atoms in total. The number of ether oxygens (including phenoxy) is 1. The molecule has 3 aromatic rings. The first-order valence-corrected chi connectivity index (χ1v) is 11.5. The van der Waals surface area contributed by atoms with Gasteiger partial charge in [-0.05, 0) is 77.5 Å². The van der Waals surface area contributed by atoms with Crippen molar-refractivity contribution in [2.45, 2.75) is 6.61 Å². The largest absolute Gasteiger partial charge is 0.487 e. The lowest BCUT2D eigenvalue weighted by Gasteiger charge is -2.12. The number of halogens is 3. The molecule has 0 radical (unpaired) electrons. The highest BCUT2D eigenvalue weighted by Gasteiger charge is 2.36. The van der Waals surface area contributed by atoms with E-state index in [4.69, 9.17) is 16.3 Å². The lowest BCUT2D eigenvalue weighted by atomic mass is 10.2. The maximum atomic E-state index is 13.0. The van der Waals surface area contributed by atoms with Crippen molar-refractivity contribution in [3.8, 4) is 5.75 Å². The van der Waals surface area contributed by atoms with Crippen LogP contribution in [0.25, 0.3) is 6.08 Å². The highest BCUT2D eigenvalue weighted by Crippen LogP contribution is 2.34. The molecular weight excluding hydrogens is 498 g/mol. The fraction of sp³-hybridized carbons (Fsp3) is 0.0800. The molecule has 4 rings (SSSR count). The van der Waals surface area contributed by atoms with Crippen molar-refractivity contribution >= 4 is 52.2 Å². The molecule has 0 unspecified atom stereocenters. The molecule has 1 aliphatic rings. The minimum Gasteiger partial charge on any atom is -0.487 e. The number of imide groups is 1. The standard InChI is InChI=1S/C25H17ClF2N2O4S/c26-20-11-16(3-10-21(20)34-14-15-1-4-17(27)5-2-15)12-22-24(32)30(25(33)35-22)13-23(31)29-19-8-6-18(28)7-9-19/h1-12H,13-14H2,(H,29,31)/b22-12-. The van der Waals surface area contributed by atoms with Crippen molar-refractivity contribution in [1.29, 1.82) is 0 Å². The molecule has 178 valence electrons. The highest BCUT2D eigenvalue weighted by molar-refractivity contribution is 8.18. The fourth-order valence-corrected chi connectivity index (χ4v) is 4.21. The van der Waals surface area contributed by atoms with Gasteiger partial charge in [-0.15, -0.1) is 0 Å². The fourth-order valence-electron chi connectivity index (χ4n) is 3.13. The van der Waals surface area contributed by atoms with E-state index in [9.17, 15) is 23.2 Å². The van der Waals surface area contributed by atoms with Crippen LogP contribution in [0.4, 0.5) is 19.3 Å². The lowest BCUT2D eigenvalue weighted by molar-refractivity contribution is -0.127. The molecule has 0 aliphatic carbocycles. The molecular formula is C25H17ClF2N2O4S. The molecule has 1 heterocycles. The third kappa shape index (κ3) is 6.26. The van der Waals surface area contributed by atoms with E-state index in [1.807, 2.05) is 0 Å². The van der Waals surface area contributed by atoms with Crippen LogP contribution in [-0.4, -0.2) is 28.5 Å². The van der Waals surface area contributed by atoms with Crippen LogP contribution in [0.1, 0.15) is 11.1 Å². The number of nitrogens with one attached hydrogen (secondary N) is 1. The van der Waals surface area contributed by atoms with E-state index in [1.165, 1.54) is 42.5 Å². The van der Waals surface area contributed by atoms with Gasteiger partial charge < -0.3 is 10.1 Å². The number of benzene rings is 3. The molecule has 35 heavy (non-hydrogen) atoms. The number of anilines is 1. The number of hydrogen-bond donors (Lipinski definition) is 1. The van der Waals surface area contributed by atoms with E-state index in [0.29, 0.717) is 33.8 Å². The molecule has 10 heteroatoms. The molecule has 0 spiro atoms. The topological polar surface area (TPSA) is 75.7 Å². The Morgan fingerprint density at radius 3 is 2.31 bits per heavy atom. The Morgan fingerprint density at radius 1 is 1.00 bits per heavy atom. The summed E-state index contributed by atoms with van der Waals surface area (Å²) in [6.07, 6.45) is 1.50. The van der Waals surface area contributed by atoms with Gasteiger partial charge in [0.05, 0.1) is 9.93 Å². The normalized spacial score (nSPS) is 14.5. The van der Waals surface area contributed by atoms with Crippen molar-refractivity contribution in [1.82, 2.24) is 4.90 Å². The van der Waals surface area contributed by atoms with E-state index < -0.39 is 29.4 Å². The SMILES string of the molecule is O=C(CN1C(=O)S/C(=C\c2ccc(OCc3ccc(F)cc3)c(Cl)c2)C1=O)Nc1ccc(F)cc1. The summed E-state index contributed by atoms with van der Waals surface area (Å²) in [6, 6.07) is 15.9. The number of thioether (sulfide) groups is 1. The van der Waals surface area contributed by atoms with Crippen molar-refractivity contribution < 1.29 is 27.9 Å². The Morgan fingerprint density at radius 2 is 1.66 bits per heavy atom. The summed E-state index contributed by atoms with van der Waals surface area (Å²) in [5.74, 6) is -1.59. The minimum atomic E-state index is -0.609. The number of carbonyl (C=O) groups is 3. The zero-order valence-corrected chi connectivity index (χ0v) is 19.5. The van der Waals surface area contributed by atoms with Gasteiger partial charge in [-0.3, -0.25) is 19.3 Å². The molecule has 0 bridgehead atoms. The van der Waals surface area contributed by atoms with Gasteiger partial charge in [-0.1, -0.05) is 29.8 Å². The second-order valence-corrected chi connectivity index (χ2v) is 8.83. The zero-order valence-electron chi connectivity index (χ0n) is 18.0. The van der Waals surface area contributed by atoms with Gasteiger partial charge in [0.1, 0.15) is 30.5 Å². The summed E-state index contributed by atoms with van der Waals surface area (Å²) < 4.78 is 31.7. The Kier molecular flexibility index (Phi) is 7.48. The molecule has 1 fully saturated rings. The van der Waals surface area contributed by atoms with Gasteiger partial charge in [0.2, 0.25) is 5.91 Å². The van der Waals surface area contributed by atoms with Gasteiger partial charge >= 0.3 is 0 Å². The molecule has 3 amide bonds. The lowest BCUT2D eigenvalue weighted by Crippen LogP contribution is -2.36. The molecule has 3 aromatic carbocycles. The number of rotatable bonds is 7. The predicted molar refractivity (Wildman–Crippen MR) is 130 cm³/mol. The van der Waals surface area contributed by atoms with Crippen molar-refractivity contribution in [2.24, 2.45) is 0 Å². The van der Waals surface area contributed by atoms with E-state index in [1.54, 1.807) is 30.3 Å². The maximum absolute atomic E-state index is 13.0. The molecule has 0 aromatic heterocycles. The summed E-state index contributed by atoms with van der Waals surface area (Å²) in [7, 11) is 0. The summed E-state index contributed by atoms with van der Waals surface area (Å²) in [4.78, 5) is 38.2. The van der Waals surface area contributed by atoms with Crippen LogP contribution >= 0.6 is 23.4 Å². The van der Waals surface area contributed by atoms with Crippen LogP contribution in [-0.2, 0) is 16.2 Å². The summed E-state index contributed by atoms with van der Waals surface area (Å²) in [6.45, 7) is -0.283. The van der Waals surface area contributed by atoms with Crippen LogP contribution in [0.15, 0.2) is 71.6 Å². The van der Waals surface area contributed by atoms with E-state index in [0.717, 1.165) is 10.5 Å². The summed E-state index contributed by atoms with van der Waals surface area (Å²) >= 11 is 7.01. The van der Waals surface area contributed by atoms with Gasteiger partial charge in [0, 0.05) is 5.69 Å².